The summed E-state index contributed by atoms with van der Waals surface area (Å²) in [6, 6.07) is 6.71. The minimum absolute atomic E-state index is 0.315. The first-order chi connectivity index (χ1) is 9.70. The van der Waals surface area contributed by atoms with E-state index in [0.717, 1.165) is 0 Å². The molecule has 0 aliphatic heterocycles. The number of benzene rings is 1. The average Bonchev–Trinajstić information content (AvgIpc) is 2.92. The molecular formula is C14H17N3O3. The molecule has 2 N–H and O–H groups in total. The predicted octanol–water partition coefficient (Wildman–Crippen LogP) is 1.72. The van der Waals surface area contributed by atoms with Crippen LogP contribution in [0.25, 0.3) is 0 Å². The van der Waals surface area contributed by atoms with Gasteiger partial charge < -0.3 is 15.2 Å². The highest BCUT2D eigenvalue weighted by Gasteiger charge is 2.14. The monoisotopic (exact) mass is 275 g/mol. The lowest BCUT2D eigenvalue weighted by atomic mass is 10.2. The molecule has 1 aromatic carbocycles. The van der Waals surface area contributed by atoms with Crippen molar-refractivity contribution in [3.05, 3.63) is 42.2 Å². The maximum Gasteiger partial charge on any atom is 0.341 e. The second-order valence-corrected chi connectivity index (χ2v) is 4.09. The van der Waals surface area contributed by atoms with Gasteiger partial charge in [-0.25, -0.2) is 4.79 Å². The van der Waals surface area contributed by atoms with Gasteiger partial charge in [0.2, 0.25) is 0 Å². The summed E-state index contributed by atoms with van der Waals surface area (Å²) in [7, 11) is 0. The topological polar surface area (TPSA) is 79.4 Å². The second kappa shape index (κ2) is 6.60. The SMILES string of the molecule is CCOC(=O)c1ccc(N)cc1OCCn1cccn1. The zero-order chi connectivity index (χ0) is 14.4. The minimum atomic E-state index is -0.415. The summed E-state index contributed by atoms with van der Waals surface area (Å²) < 4.78 is 12.3. The third kappa shape index (κ3) is 3.50. The van der Waals surface area contributed by atoms with Crippen molar-refractivity contribution >= 4 is 11.7 Å². The van der Waals surface area contributed by atoms with Gasteiger partial charge in [-0.2, -0.15) is 5.10 Å². The molecule has 0 aliphatic carbocycles. The van der Waals surface area contributed by atoms with Crippen LogP contribution in [0.2, 0.25) is 0 Å². The number of carbonyl (C=O) groups is 1. The van der Waals surface area contributed by atoms with E-state index in [2.05, 4.69) is 5.10 Å². The van der Waals surface area contributed by atoms with Crippen molar-refractivity contribution in [2.45, 2.75) is 13.5 Å². The van der Waals surface area contributed by atoms with Crippen LogP contribution in [0.1, 0.15) is 17.3 Å². The summed E-state index contributed by atoms with van der Waals surface area (Å²) in [5.41, 5.74) is 6.63. The lowest BCUT2D eigenvalue weighted by Crippen LogP contribution is -2.12. The van der Waals surface area contributed by atoms with Crippen molar-refractivity contribution in [2.24, 2.45) is 0 Å². The molecule has 0 atom stereocenters. The van der Waals surface area contributed by atoms with Crippen molar-refractivity contribution in [3.63, 3.8) is 0 Å². The highest BCUT2D eigenvalue weighted by atomic mass is 16.5. The quantitative estimate of drug-likeness (QED) is 0.641. The molecule has 0 saturated carbocycles. The number of nitrogen functional groups attached to an aromatic ring is 1. The number of anilines is 1. The molecule has 0 bridgehead atoms. The summed E-state index contributed by atoms with van der Waals surface area (Å²) in [4.78, 5) is 11.8. The van der Waals surface area contributed by atoms with Gasteiger partial charge in [-0.05, 0) is 25.1 Å². The Labute approximate surface area is 117 Å². The normalized spacial score (nSPS) is 10.2. The van der Waals surface area contributed by atoms with Crippen molar-refractivity contribution in [3.8, 4) is 5.75 Å². The van der Waals surface area contributed by atoms with Gasteiger partial charge >= 0.3 is 5.97 Å². The number of ether oxygens (including phenoxy) is 2. The first kappa shape index (κ1) is 13.9. The molecule has 0 spiro atoms. The van der Waals surface area contributed by atoms with Crippen LogP contribution in [0.4, 0.5) is 5.69 Å². The van der Waals surface area contributed by atoms with E-state index in [1.165, 1.54) is 0 Å². The maximum absolute atomic E-state index is 11.8. The summed E-state index contributed by atoms with van der Waals surface area (Å²) in [6.45, 7) is 3.05. The number of hydrogen-bond acceptors (Lipinski definition) is 5. The van der Waals surface area contributed by atoms with E-state index >= 15 is 0 Å². The first-order valence-corrected chi connectivity index (χ1v) is 6.37. The third-order valence-electron chi connectivity index (χ3n) is 2.64. The van der Waals surface area contributed by atoms with Gasteiger partial charge in [0.15, 0.2) is 0 Å². The van der Waals surface area contributed by atoms with Crippen LogP contribution in [0.5, 0.6) is 5.75 Å². The molecule has 0 saturated heterocycles. The lowest BCUT2D eigenvalue weighted by Gasteiger charge is -2.11. The Morgan fingerprint density at radius 3 is 3.00 bits per heavy atom. The van der Waals surface area contributed by atoms with Crippen molar-refractivity contribution in [2.75, 3.05) is 18.9 Å². The molecule has 6 heteroatoms. The maximum atomic E-state index is 11.8. The van der Waals surface area contributed by atoms with E-state index in [1.807, 2.05) is 12.3 Å². The molecule has 0 aliphatic rings. The van der Waals surface area contributed by atoms with Gasteiger partial charge in [-0.15, -0.1) is 0 Å². The number of nitrogens with two attached hydrogens (primary N) is 1. The van der Waals surface area contributed by atoms with E-state index < -0.39 is 5.97 Å². The summed E-state index contributed by atoms with van der Waals surface area (Å²) >= 11 is 0. The Morgan fingerprint density at radius 1 is 1.45 bits per heavy atom. The van der Waals surface area contributed by atoms with E-state index in [4.69, 9.17) is 15.2 Å². The largest absolute Gasteiger partial charge is 0.491 e. The van der Waals surface area contributed by atoms with Crippen LogP contribution < -0.4 is 10.5 Å². The Kier molecular flexibility index (Phi) is 4.60. The van der Waals surface area contributed by atoms with Crippen LogP contribution in [0, 0.1) is 0 Å². The van der Waals surface area contributed by atoms with Gasteiger partial charge in [-0.1, -0.05) is 0 Å². The van der Waals surface area contributed by atoms with Gasteiger partial charge in [0.05, 0.1) is 13.2 Å². The molecule has 2 rings (SSSR count). The van der Waals surface area contributed by atoms with Crippen LogP contribution in [0.15, 0.2) is 36.7 Å². The van der Waals surface area contributed by atoms with E-state index in [0.29, 0.717) is 36.8 Å². The molecular weight excluding hydrogens is 258 g/mol. The average molecular weight is 275 g/mol. The van der Waals surface area contributed by atoms with Crippen molar-refractivity contribution in [1.82, 2.24) is 9.78 Å². The molecule has 20 heavy (non-hydrogen) atoms. The van der Waals surface area contributed by atoms with E-state index in [9.17, 15) is 4.79 Å². The fourth-order valence-corrected chi connectivity index (χ4v) is 1.72. The fraction of sp³-hybridized carbons (Fsp3) is 0.286. The smallest absolute Gasteiger partial charge is 0.341 e. The fourth-order valence-electron chi connectivity index (χ4n) is 1.72. The number of rotatable bonds is 6. The first-order valence-electron chi connectivity index (χ1n) is 6.37. The Bertz CT molecular complexity index is 567. The summed E-state index contributed by atoms with van der Waals surface area (Å²) in [5.74, 6) is 0.0113. The predicted molar refractivity (Wildman–Crippen MR) is 74.5 cm³/mol. The van der Waals surface area contributed by atoms with E-state index in [1.54, 1.807) is 36.0 Å². The molecule has 0 fully saturated rings. The van der Waals surface area contributed by atoms with Gasteiger partial charge in [0.1, 0.15) is 17.9 Å². The number of carbonyl (C=O) groups excluding carboxylic acids is 1. The molecule has 6 nitrogen and oxygen atoms in total. The van der Waals surface area contributed by atoms with Gasteiger partial charge in [-0.3, -0.25) is 4.68 Å². The van der Waals surface area contributed by atoms with Crippen LogP contribution in [-0.2, 0) is 11.3 Å². The van der Waals surface area contributed by atoms with Crippen LogP contribution in [-0.4, -0.2) is 29.0 Å². The highest BCUT2D eigenvalue weighted by molar-refractivity contribution is 5.93. The summed E-state index contributed by atoms with van der Waals surface area (Å²) in [6.07, 6.45) is 3.54. The molecule has 2 aromatic rings. The summed E-state index contributed by atoms with van der Waals surface area (Å²) in [5, 5.41) is 4.07. The number of aromatic nitrogens is 2. The standard InChI is InChI=1S/C14H17N3O3/c1-2-19-14(18)12-5-4-11(15)10-13(12)20-9-8-17-7-3-6-16-17/h3-7,10H,2,8-9,15H2,1H3. The van der Waals surface area contributed by atoms with Crippen LogP contribution >= 0.6 is 0 Å². The van der Waals surface area contributed by atoms with Crippen molar-refractivity contribution in [1.29, 1.82) is 0 Å². The highest BCUT2D eigenvalue weighted by Crippen LogP contribution is 2.22. The van der Waals surface area contributed by atoms with Gasteiger partial charge in [0, 0.05) is 24.1 Å². The molecule has 0 unspecified atom stereocenters. The molecule has 1 aromatic heterocycles. The Morgan fingerprint density at radius 2 is 2.30 bits per heavy atom. The zero-order valence-corrected chi connectivity index (χ0v) is 11.3. The van der Waals surface area contributed by atoms with E-state index in [-0.39, 0.29) is 0 Å². The second-order valence-electron chi connectivity index (χ2n) is 4.09. The minimum Gasteiger partial charge on any atom is -0.491 e. The molecule has 1 heterocycles. The molecule has 106 valence electrons. The number of hydrogen-bond donors (Lipinski definition) is 1. The Balaban J connectivity index is 2.05. The lowest BCUT2D eigenvalue weighted by molar-refractivity contribution is 0.0521. The van der Waals surface area contributed by atoms with Crippen molar-refractivity contribution < 1.29 is 14.3 Å². The number of esters is 1. The van der Waals surface area contributed by atoms with Crippen LogP contribution in [0.3, 0.4) is 0 Å². The number of nitrogens with zero attached hydrogens (tertiary/aromatic N) is 2. The molecule has 0 amide bonds. The zero-order valence-electron chi connectivity index (χ0n) is 11.3. The molecule has 0 radical (unpaired) electrons. The van der Waals surface area contributed by atoms with Gasteiger partial charge in [0.25, 0.3) is 0 Å². The Hall–Kier alpha value is -2.50. The third-order valence-corrected chi connectivity index (χ3v) is 2.64.